The number of sulfonamides is 1. The first kappa shape index (κ1) is 24.4. The van der Waals surface area contributed by atoms with E-state index >= 15 is 0 Å². The molecule has 0 aliphatic heterocycles. The first-order valence-corrected chi connectivity index (χ1v) is 13.2. The van der Waals surface area contributed by atoms with Crippen LogP contribution in [0.4, 0.5) is 0 Å². The lowest BCUT2D eigenvalue weighted by Gasteiger charge is -2.11. The molecule has 0 spiro atoms. The van der Waals surface area contributed by atoms with Crippen LogP contribution in [0, 0.1) is 0 Å². The molecule has 0 unspecified atom stereocenters. The predicted molar refractivity (Wildman–Crippen MR) is 143 cm³/mol. The van der Waals surface area contributed by atoms with Crippen molar-refractivity contribution in [2.24, 2.45) is 0 Å². The van der Waals surface area contributed by atoms with Crippen LogP contribution in [0.5, 0.6) is 0 Å². The fourth-order valence-corrected chi connectivity index (χ4v) is 5.18. The summed E-state index contributed by atoms with van der Waals surface area (Å²) in [5.74, 6) is -0.00175. The highest BCUT2D eigenvalue weighted by molar-refractivity contribution is 7.90. The summed E-state index contributed by atoms with van der Waals surface area (Å²) >= 11 is 0. The summed E-state index contributed by atoms with van der Waals surface area (Å²) in [6.07, 6.45) is 0. The maximum Gasteiger partial charge on any atom is 0.265 e. The molecule has 7 nitrogen and oxygen atoms in total. The summed E-state index contributed by atoms with van der Waals surface area (Å²) in [6, 6.07) is 31.2. The van der Waals surface area contributed by atoms with Gasteiger partial charge in [0.1, 0.15) is 12.4 Å². The van der Waals surface area contributed by atoms with Gasteiger partial charge in [-0.25, -0.2) is 18.1 Å². The van der Waals surface area contributed by atoms with Gasteiger partial charge in [-0.05, 0) is 47.0 Å². The van der Waals surface area contributed by atoms with Gasteiger partial charge in [-0.1, -0.05) is 72.8 Å². The van der Waals surface area contributed by atoms with E-state index in [0.717, 1.165) is 16.7 Å². The van der Waals surface area contributed by atoms with Crippen LogP contribution >= 0.6 is 0 Å². The monoisotopic (exact) mass is 511 g/mol. The zero-order valence-electron chi connectivity index (χ0n) is 20.2. The van der Waals surface area contributed by atoms with Gasteiger partial charge in [0.25, 0.3) is 15.9 Å². The summed E-state index contributed by atoms with van der Waals surface area (Å²) in [5.41, 5.74) is 4.94. The Labute approximate surface area is 215 Å². The van der Waals surface area contributed by atoms with E-state index in [1.54, 1.807) is 43.5 Å². The summed E-state index contributed by atoms with van der Waals surface area (Å²) in [5, 5.41) is 0. The number of ether oxygens (including phenoxy) is 1. The lowest BCUT2D eigenvalue weighted by atomic mass is 10.0. The fourth-order valence-electron chi connectivity index (χ4n) is 4.18. The molecule has 4 aromatic carbocycles. The third kappa shape index (κ3) is 5.30. The molecule has 0 fully saturated rings. The Morgan fingerprint density at radius 3 is 2.19 bits per heavy atom. The first-order chi connectivity index (χ1) is 17.9. The second kappa shape index (κ2) is 10.4. The quantitative estimate of drug-likeness (QED) is 0.316. The van der Waals surface area contributed by atoms with Gasteiger partial charge in [0.15, 0.2) is 0 Å². The topological polar surface area (TPSA) is 90.3 Å². The number of nitrogens with zero attached hydrogens (tertiary/aromatic N) is 2. The minimum Gasteiger partial charge on any atom is -0.377 e. The molecule has 0 bridgehead atoms. The molecular weight excluding hydrogens is 486 g/mol. The number of hydrogen-bond acceptors (Lipinski definition) is 5. The van der Waals surface area contributed by atoms with Gasteiger partial charge in [-0.2, -0.15) is 0 Å². The number of rotatable bonds is 8. The fraction of sp³-hybridized carbons (Fsp3) is 0.103. The van der Waals surface area contributed by atoms with Crippen molar-refractivity contribution < 1.29 is 17.9 Å². The predicted octanol–water partition coefficient (Wildman–Crippen LogP) is 5.02. The first-order valence-electron chi connectivity index (χ1n) is 11.7. The highest BCUT2D eigenvalue weighted by Crippen LogP contribution is 2.23. The Bertz CT molecular complexity index is 1650. The van der Waals surface area contributed by atoms with Crippen molar-refractivity contribution in [2.75, 3.05) is 7.11 Å². The van der Waals surface area contributed by atoms with Crippen LogP contribution in [-0.4, -0.2) is 31.0 Å². The second-order valence-electron chi connectivity index (χ2n) is 8.56. The van der Waals surface area contributed by atoms with Gasteiger partial charge in [0.05, 0.1) is 15.9 Å². The minimum absolute atomic E-state index is 0.0239. The van der Waals surface area contributed by atoms with Crippen LogP contribution in [0.15, 0.2) is 108 Å². The van der Waals surface area contributed by atoms with E-state index in [9.17, 15) is 13.2 Å². The van der Waals surface area contributed by atoms with Crippen molar-refractivity contribution in [1.82, 2.24) is 14.3 Å². The molecule has 186 valence electrons. The van der Waals surface area contributed by atoms with Crippen LogP contribution in [-0.2, 0) is 27.9 Å². The molecule has 0 radical (unpaired) electrons. The Morgan fingerprint density at radius 2 is 1.51 bits per heavy atom. The third-order valence-corrected chi connectivity index (χ3v) is 7.39. The minimum atomic E-state index is -3.99. The van der Waals surface area contributed by atoms with Crippen LogP contribution in [0.25, 0.3) is 22.2 Å². The molecule has 1 N–H and O–H groups in total. The Kier molecular flexibility index (Phi) is 6.85. The largest absolute Gasteiger partial charge is 0.377 e. The number of amides is 1. The normalized spacial score (nSPS) is 11.5. The number of carbonyl (C=O) groups is 1. The molecule has 0 atom stereocenters. The average molecular weight is 512 g/mol. The van der Waals surface area contributed by atoms with E-state index in [4.69, 9.17) is 4.74 Å². The van der Waals surface area contributed by atoms with Gasteiger partial charge >= 0.3 is 0 Å². The van der Waals surface area contributed by atoms with Crippen molar-refractivity contribution in [3.8, 4) is 11.1 Å². The Morgan fingerprint density at radius 1 is 0.865 bits per heavy atom. The Balaban J connectivity index is 1.45. The van der Waals surface area contributed by atoms with Gasteiger partial charge in [0, 0.05) is 19.2 Å². The van der Waals surface area contributed by atoms with Gasteiger partial charge in [-0.15, -0.1) is 0 Å². The van der Waals surface area contributed by atoms with E-state index in [2.05, 4.69) is 46.1 Å². The zero-order chi connectivity index (χ0) is 25.8. The van der Waals surface area contributed by atoms with Crippen LogP contribution in [0.3, 0.4) is 0 Å². The van der Waals surface area contributed by atoms with E-state index in [-0.39, 0.29) is 10.5 Å². The van der Waals surface area contributed by atoms with Crippen LogP contribution < -0.4 is 4.72 Å². The smallest absolute Gasteiger partial charge is 0.265 e. The summed E-state index contributed by atoms with van der Waals surface area (Å²) in [4.78, 5) is 17.6. The lowest BCUT2D eigenvalue weighted by Crippen LogP contribution is -2.30. The highest BCUT2D eigenvalue weighted by atomic mass is 32.2. The van der Waals surface area contributed by atoms with Gasteiger partial charge in [0.2, 0.25) is 0 Å². The summed E-state index contributed by atoms with van der Waals surface area (Å²) in [6.45, 7) is 0.804. The van der Waals surface area contributed by atoms with Crippen molar-refractivity contribution in [2.45, 2.75) is 18.0 Å². The number of benzene rings is 4. The second-order valence-corrected chi connectivity index (χ2v) is 10.2. The summed E-state index contributed by atoms with van der Waals surface area (Å²) < 4.78 is 34.8. The molecule has 0 aliphatic rings. The van der Waals surface area contributed by atoms with Crippen molar-refractivity contribution in [3.63, 3.8) is 0 Å². The molecule has 0 aliphatic carbocycles. The summed E-state index contributed by atoms with van der Waals surface area (Å²) in [7, 11) is -2.39. The molecule has 0 saturated carbocycles. The lowest BCUT2D eigenvalue weighted by molar-refractivity contribution is 0.0981. The number of carbonyl (C=O) groups excluding carboxylic acids is 1. The highest BCUT2D eigenvalue weighted by Gasteiger charge is 2.20. The maximum absolute atomic E-state index is 12.9. The molecule has 1 aromatic heterocycles. The van der Waals surface area contributed by atoms with Crippen molar-refractivity contribution in [3.05, 3.63) is 120 Å². The van der Waals surface area contributed by atoms with E-state index in [0.29, 0.717) is 30.0 Å². The van der Waals surface area contributed by atoms with Crippen LogP contribution in [0.2, 0.25) is 0 Å². The molecular formula is C29H25N3O4S. The maximum atomic E-state index is 12.9. The number of aromatic nitrogens is 2. The Hall–Kier alpha value is -4.27. The number of imidazole rings is 1. The van der Waals surface area contributed by atoms with E-state index < -0.39 is 15.9 Å². The molecule has 8 heteroatoms. The number of fused-ring (bicyclic) bond motifs is 1. The third-order valence-electron chi connectivity index (χ3n) is 6.05. The van der Waals surface area contributed by atoms with Crippen molar-refractivity contribution >= 4 is 27.0 Å². The average Bonchev–Trinajstić information content (AvgIpc) is 3.26. The van der Waals surface area contributed by atoms with Crippen molar-refractivity contribution in [1.29, 1.82) is 0 Å². The molecule has 0 saturated heterocycles. The SMILES string of the molecule is COCc1nc2ccc(C(=O)NS(=O)(=O)c3ccccc3)cc2n1Cc1ccc(-c2ccccc2)cc1. The molecule has 5 rings (SSSR count). The van der Waals surface area contributed by atoms with E-state index in [1.807, 2.05) is 22.8 Å². The molecule has 5 aromatic rings. The van der Waals surface area contributed by atoms with Gasteiger partial charge < -0.3 is 9.30 Å². The standard InChI is InChI=1S/C29H25N3O4S/c1-36-20-28-30-26-17-16-24(29(33)31-37(34,35)25-10-6-3-7-11-25)18-27(26)32(28)19-21-12-14-23(15-13-21)22-8-4-2-5-9-22/h2-18H,19-20H2,1H3,(H,31,33). The van der Waals surface area contributed by atoms with Gasteiger partial charge in [-0.3, -0.25) is 4.79 Å². The zero-order valence-corrected chi connectivity index (χ0v) is 21.0. The number of methoxy groups -OCH3 is 1. The van der Waals surface area contributed by atoms with E-state index in [1.165, 1.54) is 12.1 Å². The van der Waals surface area contributed by atoms with Crippen LogP contribution in [0.1, 0.15) is 21.7 Å². The molecule has 37 heavy (non-hydrogen) atoms. The number of hydrogen-bond donors (Lipinski definition) is 1. The number of nitrogens with one attached hydrogen (secondary N) is 1. The molecule has 1 heterocycles. The molecule has 1 amide bonds.